The van der Waals surface area contributed by atoms with E-state index in [1.165, 1.54) is 29.5 Å². The third-order valence-electron chi connectivity index (χ3n) is 5.62. The summed E-state index contributed by atoms with van der Waals surface area (Å²) >= 11 is 7.80. The van der Waals surface area contributed by atoms with Crippen molar-refractivity contribution in [1.29, 1.82) is 0 Å². The van der Waals surface area contributed by atoms with E-state index in [9.17, 15) is 9.59 Å². The average Bonchev–Trinajstić information content (AvgIpc) is 3.47. The molecule has 9 heteroatoms. The molecule has 2 aromatic carbocycles. The van der Waals surface area contributed by atoms with Gasteiger partial charge in [0.2, 0.25) is 5.91 Å². The van der Waals surface area contributed by atoms with Crippen molar-refractivity contribution in [1.82, 2.24) is 19.7 Å². The lowest BCUT2D eigenvalue weighted by atomic mass is 10.2. The standard InChI is InChI=1S/C24H26ClN5O2S/c1-29(2)23(32)16-11-13-17(14-12-16)26-21(31)15-33-24-28-27-22(19-9-5-6-10-20(19)25)30(24)18-7-3-4-8-18/h5-6,9-14,18H,3-4,7-8,15H2,1-2H3,(H,26,31). The van der Waals surface area contributed by atoms with E-state index in [1.807, 2.05) is 24.3 Å². The maximum atomic E-state index is 12.6. The van der Waals surface area contributed by atoms with E-state index in [-0.39, 0.29) is 17.6 Å². The Bertz CT molecular complexity index is 1140. The lowest BCUT2D eigenvalue weighted by Gasteiger charge is -2.17. The normalized spacial score (nSPS) is 13.8. The van der Waals surface area contributed by atoms with Gasteiger partial charge in [-0.1, -0.05) is 48.3 Å². The van der Waals surface area contributed by atoms with Crippen LogP contribution in [-0.2, 0) is 4.79 Å². The van der Waals surface area contributed by atoms with Crippen molar-refractivity contribution < 1.29 is 9.59 Å². The summed E-state index contributed by atoms with van der Waals surface area (Å²) in [7, 11) is 3.41. The predicted octanol–water partition coefficient (Wildman–Crippen LogP) is 5.15. The van der Waals surface area contributed by atoms with Gasteiger partial charge in [0.15, 0.2) is 11.0 Å². The Morgan fingerprint density at radius 3 is 2.45 bits per heavy atom. The van der Waals surface area contributed by atoms with Crippen LogP contribution < -0.4 is 5.32 Å². The minimum absolute atomic E-state index is 0.0796. The van der Waals surface area contributed by atoms with Gasteiger partial charge in [0.25, 0.3) is 5.91 Å². The van der Waals surface area contributed by atoms with Gasteiger partial charge in [0.05, 0.1) is 10.8 Å². The third-order valence-corrected chi connectivity index (χ3v) is 6.90. The SMILES string of the molecule is CN(C)C(=O)c1ccc(NC(=O)CSc2nnc(-c3ccccc3Cl)n2C2CCCC2)cc1. The minimum atomic E-state index is -0.146. The number of carbonyl (C=O) groups is 2. The average molecular weight is 484 g/mol. The van der Waals surface area contributed by atoms with Gasteiger partial charge in [-0.15, -0.1) is 10.2 Å². The first-order valence-corrected chi connectivity index (χ1v) is 12.2. The highest BCUT2D eigenvalue weighted by atomic mass is 35.5. The predicted molar refractivity (Wildman–Crippen MR) is 132 cm³/mol. The smallest absolute Gasteiger partial charge is 0.253 e. The molecule has 1 fully saturated rings. The fourth-order valence-electron chi connectivity index (χ4n) is 3.97. The summed E-state index contributed by atoms with van der Waals surface area (Å²) in [5, 5.41) is 13.1. The van der Waals surface area contributed by atoms with Crippen LogP contribution in [0.25, 0.3) is 11.4 Å². The zero-order chi connectivity index (χ0) is 23.4. The van der Waals surface area contributed by atoms with Crippen LogP contribution in [0.1, 0.15) is 42.1 Å². The van der Waals surface area contributed by atoms with Gasteiger partial charge in [-0.25, -0.2) is 0 Å². The summed E-state index contributed by atoms with van der Waals surface area (Å²) in [6.07, 6.45) is 4.46. The van der Waals surface area contributed by atoms with Crippen LogP contribution in [-0.4, -0.2) is 51.3 Å². The molecule has 4 rings (SSSR count). The quantitative estimate of drug-likeness (QED) is 0.470. The molecule has 0 spiro atoms. The van der Waals surface area contributed by atoms with Crippen molar-refractivity contribution in [3.63, 3.8) is 0 Å². The number of anilines is 1. The van der Waals surface area contributed by atoms with E-state index < -0.39 is 0 Å². The molecule has 33 heavy (non-hydrogen) atoms. The zero-order valence-corrected chi connectivity index (χ0v) is 20.2. The molecule has 0 atom stereocenters. The van der Waals surface area contributed by atoms with Gasteiger partial charge >= 0.3 is 0 Å². The number of thioether (sulfide) groups is 1. The lowest BCUT2D eigenvalue weighted by molar-refractivity contribution is -0.113. The van der Waals surface area contributed by atoms with Crippen LogP contribution in [0.4, 0.5) is 5.69 Å². The summed E-state index contributed by atoms with van der Waals surface area (Å²) in [6.45, 7) is 0. The Kier molecular flexibility index (Phi) is 7.35. The Hall–Kier alpha value is -2.84. The third kappa shape index (κ3) is 5.39. The van der Waals surface area contributed by atoms with Crippen molar-refractivity contribution in [2.45, 2.75) is 36.9 Å². The number of halogens is 1. The Balaban J connectivity index is 1.46. The summed E-state index contributed by atoms with van der Waals surface area (Å²) in [4.78, 5) is 26.1. The topological polar surface area (TPSA) is 80.1 Å². The fraction of sp³-hybridized carbons (Fsp3) is 0.333. The van der Waals surface area contributed by atoms with Gasteiger partial charge in [-0.05, 0) is 49.2 Å². The molecular formula is C24H26ClN5O2S. The van der Waals surface area contributed by atoms with E-state index in [2.05, 4.69) is 20.1 Å². The molecule has 0 radical (unpaired) electrons. The largest absolute Gasteiger partial charge is 0.345 e. The molecule has 1 heterocycles. The first-order valence-electron chi connectivity index (χ1n) is 10.9. The molecular weight excluding hydrogens is 458 g/mol. The van der Waals surface area contributed by atoms with Crippen molar-refractivity contribution in [2.75, 3.05) is 25.2 Å². The Morgan fingerprint density at radius 1 is 1.09 bits per heavy atom. The van der Waals surface area contributed by atoms with E-state index in [4.69, 9.17) is 11.6 Å². The molecule has 7 nitrogen and oxygen atoms in total. The summed E-state index contributed by atoms with van der Waals surface area (Å²) in [6, 6.07) is 14.8. The molecule has 0 bridgehead atoms. The van der Waals surface area contributed by atoms with Crippen molar-refractivity contribution >= 4 is 40.9 Å². The van der Waals surface area contributed by atoms with Crippen molar-refractivity contribution in [2.24, 2.45) is 0 Å². The van der Waals surface area contributed by atoms with Crippen molar-refractivity contribution in [3.05, 3.63) is 59.1 Å². The number of hydrogen-bond acceptors (Lipinski definition) is 5. The molecule has 172 valence electrons. The monoisotopic (exact) mass is 483 g/mol. The van der Waals surface area contributed by atoms with Crippen LogP contribution in [0.5, 0.6) is 0 Å². The highest BCUT2D eigenvalue weighted by Gasteiger charge is 2.26. The van der Waals surface area contributed by atoms with Gasteiger partial charge in [0.1, 0.15) is 0 Å². The second-order valence-electron chi connectivity index (χ2n) is 8.21. The lowest BCUT2D eigenvalue weighted by Crippen LogP contribution is -2.21. The summed E-state index contributed by atoms with van der Waals surface area (Å²) < 4.78 is 2.15. The number of nitrogens with zero attached hydrogens (tertiary/aromatic N) is 4. The fourth-order valence-corrected chi connectivity index (χ4v) is 5.00. The number of benzene rings is 2. The number of amides is 2. The van der Waals surface area contributed by atoms with E-state index in [0.717, 1.165) is 29.4 Å². The molecule has 0 aliphatic heterocycles. The first-order chi connectivity index (χ1) is 15.9. The van der Waals surface area contributed by atoms with Crippen LogP contribution in [0.2, 0.25) is 5.02 Å². The summed E-state index contributed by atoms with van der Waals surface area (Å²) in [5.74, 6) is 0.721. The molecule has 3 aromatic rings. The van der Waals surface area contributed by atoms with Crippen LogP contribution in [0.3, 0.4) is 0 Å². The van der Waals surface area contributed by atoms with Crippen molar-refractivity contribution in [3.8, 4) is 11.4 Å². The van der Waals surface area contributed by atoms with Crippen LogP contribution in [0, 0.1) is 0 Å². The molecule has 1 aromatic heterocycles. The maximum Gasteiger partial charge on any atom is 0.253 e. The molecule has 0 saturated heterocycles. The van der Waals surface area contributed by atoms with Gasteiger partial charge in [-0.2, -0.15) is 0 Å². The second kappa shape index (κ2) is 10.4. The van der Waals surface area contributed by atoms with Crippen LogP contribution >= 0.6 is 23.4 Å². The summed E-state index contributed by atoms with van der Waals surface area (Å²) in [5.41, 5.74) is 2.07. The number of rotatable bonds is 7. The van der Waals surface area contributed by atoms with Gasteiger partial charge < -0.3 is 10.2 Å². The number of carbonyl (C=O) groups excluding carboxylic acids is 2. The Labute approximate surface area is 202 Å². The number of nitrogens with one attached hydrogen (secondary N) is 1. The minimum Gasteiger partial charge on any atom is -0.345 e. The number of hydrogen-bond donors (Lipinski definition) is 1. The molecule has 1 aliphatic carbocycles. The second-order valence-corrected chi connectivity index (χ2v) is 9.56. The van der Waals surface area contributed by atoms with E-state index in [1.54, 1.807) is 38.4 Å². The molecule has 1 N–H and O–H groups in total. The number of aromatic nitrogens is 3. The van der Waals surface area contributed by atoms with Gasteiger partial charge in [-0.3, -0.25) is 14.2 Å². The molecule has 1 saturated carbocycles. The first kappa shape index (κ1) is 23.3. The van der Waals surface area contributed by atoms with Crippen LogP contribution in [0.15, 0.2) is 53.7 Å². The van der Waals surface area contributed by atoms with E-state index in [0.29, 0.717) is 22.3 Å². The Morgan fingerprint density at radius 2 is 1.79 bits per heavy atom. The highest BCUT2D eigenvalue weighted by molar-refractivity contribution is 7.99. The molecule has 1 aliphatic rings. The molecule has 0 unspecified atom stereocenters. The highest BCUT2D eigenvalue weighted by Crippen LogP contribution is 2.38. The van der Waals surface area contributed by atoms with E-state index >= 15 is 0 Å². The zero-order valence-electron chi connectivity index (χ0n) is 18.6. The molecule has 2 amide bonds. The van der Waals surface area contributed by atoms with Gasteiger partial charge in [0, 0.05) is 37.0 Å². The maximum absolute atomic E-state index is 12.6.